The van der Waals surface area contributed by atoms with E-state index in [1.54, 1.807) is 13.2 Å². The van der Waals surface area contributed by atoms with Gasteiger partial charge in [-0.2, -0.15) is 0 Å². The van der Waals surface area contributed by atoms with Gasteiger partial charge < -0.3 is 9.47 Å². The molecule has 1 unspecified atom stereocenters. The van der Waals surface area contributed by atoms with Crippen LogP contribution in [0.5, 0.6) is 11.5 Å². The van der Waals surface area contributed by atoms with Crippen molar-refractivity contribution in [1.29, 1.82) is 0 Å². The third-order valence-corrected chi connectivity index (χ3v) is 2.76. The van der Waals surface area contributed by atoms with E-state index in [0.29, 0.717) is 13.2 Å². The Morgan fingerprint density at radius 3 is 3.25 bits per heavy atom. The lowest BCUT2D eigenvalue weighted by Crippen LogP contribution is -2.16. The maximum atomic E-state index is 10.1. The predicted octanol–water partition coefficient (Wildman–Crippen LogP) is 1.90. The van der Waals surface area contributed by atoms with Crippen LogP contribution in [0.15, 0.2) is 23.2 Å². The van der Waals surface area contributed by atoms with Crippen LogP contribution in [0.25, 0.3) is 0 Å². The SMILES string of the molecule is COc1ccc2c(c1)C(CN=C=O)CCO2. The van der Waals surface area contributed by atoms with E-state index in [1.165, 1.54) is 0 Å². The van der Waals surface area contributed by atoms with Crippen molar-refractivity contribution in [3.63, 3.8) is 0 Å². The fraction of sp³-hybridized carbons (Fsp3) is 0.417. The van der Waals surface area contributed by atoms with Gasteiger partial charge >= 0.3 is 0 Å². The van der Waals surface area contributed by atoms with Crippen LogP contribution in [0.3, 0.4) is 0 Å². The molecule has 0 aliphatic carbocycles. The summed E-state index contributed by atoms with van der Waals surface area (Å²) in [6, 6.07) is 5.70. The average Bonchev–Trinajstić information content (AvgIpc) is 2.35. The van der Waals surface area contributed by atoms with E-state index < -0.39 is 0 Å². The standard InChI is InChI=1S/C12H13NO3/c1-15-10-2-3-12-11(6-10)9(4-5-16-12)7-13-8-14/h2-3,6,9H,4-5,7H2,1H3. The number of aliphatic imine (C=N–C) groups is 1. The van der Waals surface area contributed by atoms with Gasteiger partial charge in [-0.05, 0) is 24.6 Å². The molecule has 0 saturated heterocycles. The molecule has 0 amide bonds. The number of hydrogen-bond acceptors (Lipinski definition) is 4. The molecule has 0 aromatic heterocycles. The quantitative estimate of drug-likeness (QED) is 0.576. The van der Waals surface area contributed by atoms with E-state index >= 15 is 0 Å². The molecule has 4 nitrogen and oxygen atoms in total. The molecule has 0 saturated carbocycles. The molecule has 1 aliphatic heterocycles. The van der Waals surface area contributed by atoms with Crippen LogP contribution in [0.1, 0.15) is 17.9 Å². The minimum Gasteiger partial charge on any atom is -0.497 e. The molecular weight excluding hydrogens is 206 g/mol. The number of hydrogen-bond donors (Lipinski definition) is 0. The highest BCUT2D eigenvalue weighted by Crippen LogP contribution is 2.36. The summed E-state index contributed by atoms with van der Waals surface area (Å²) in [5.74, 6) is 1.88. The topological polar surface area (TPSA) is 47.9 Å². The van der Waals surface area contributed by atoms with Gasteiger partial charge in [0, 0.05) is 11.5 Å². The van der Waals surface area contributed by atoms with Gasteiger partial charge in [0.1, 0.15) is 11.5 Å². The first-order valence-electron chi connectivity index (χ1n) is 5.19. The maximum absolute atomic E-state index is 10.1. The van der Waals surface area contributed by atoms with E-state index in [0.717, 1.165) is 23.5 Å². The molecule has 1 aromatic carbocycles. The third-order valence-electron chi connectivity index (χ3n) is 2.76. The Labute approximate surface area is 93.9 Å². The van der Waals surface area contributed by atoms with Gasteiger partial charge in [-0.1, -0.05) is 0 Å². The number of ether oxygens (including phenoxy) is 2. The fourth-order valence-corrected chi connectivity index (χ4v) is 1.91. The van der Waals surface area contributed by atoms with E-state index in [4.69, 9.17) is 9.47 Å². The minimum atomic E-state index is 0.222. The van der Waals surface area contributed by atoms with Crippen molar-refractivity contribution in [2.45, 2.75) is 12.3 Å². The highest BCUT2D eigenvalue weighted by atomic mass is 16.5. The largest absolute Gasteiger partial charge is 0.497 e. The Hall–Kier alpha value is -1.80. The van der Waals surface area contributed by atoms with Crippen LogP contribution in [-0.2, 0) is 4.79 Å². The first kappa shape index (κ1) is 10.7. The van der Waals surface area contributed by atoms with E-state index in [2.05, 4.69) is 4.99 Å². The van der Waals surface area contributed by atoms with Crippen LogP contribution in [0.2, 0.25) is 0 Å². The van der Waals surface area contributed by atoms with Gasteiger partial charge in [-0.15, -0.1) is 0 Å². The van der Waals surface area contributed by atoms with Crippen molar-refractivity contribution < 1.29 is 14.3 Å². The second-order valence-corrected chi connectivity index (χ2v) is 3.67. The van der Waals surface area contributed by atoms with Crippen molar-refractivity contribution in [1.82, 2.24) is 0 Å². The van der Waals surface area contributed by atoms with Gasteiger partial charge in [-0.3, -0.25) is 0 Å². The van der Waals surface area contributed by atoms with Crippen molar-refractivity contribution in [2.24, 2.45) is 4.99 Å². The number of benzene rings is 1. The summed E-state index contributed by atoms with van der Waals surface area (Å²) in [6.45, 7) is 1.13. The minimum absolute atomic E-state index is 0.222. The highest BCUT2D eigenvalue weighted by Gasteiger charge is 2.21. The van der Waals surface area contributed by atoms with Gasteiger partial charge in [0.05, 0.1) is 20.3 Å². The Bertz CT molecular complexity index is 424. The van der Waals surface area contributed by atoms with Crippen LogP contribution >= 0.6 is 0 Å². The number of isocyanates is 1. The van der Waals surface area contributed by atoms with Crippen LogP contribution in [0.4, 0.5) is 0 Å². The van der Waals surface area contributed by atoms with Gasteiger partial charge in [0.15, 0.2) is 0 Å². The van der Waals surface area contributed by atoms with Crippen molar-refractivity contribution in [3.05, 3.63) is 23.8 Å². The van der Waals surface area contributed by atoms with Gasteiger partial charge in [-0.25, -0.2) is 9.79 Å². The Balaban J connectivity index is 2.31. The Kier molecular flexibility index (Phi) is 3.22. The number of methoxy groups -OCH3 is 1. The smallest absolute Gasteiger partial charge is 0.234 e. The molecule has 0 fully saturated rings. The molecular formula is C12H13NO3. The van der Waals surface area contributed by atoms with E-state index in [9.17, 15) is 4.79 Å². The fourth-order valence-electron chi connectivity index (χ4n) is 1.91. The second kappa shape index (κ2) is 4.81. The number of rotatable bonds is 3. The first-order chi connectivity index (χ1) is 7.85. The van der Waals surface area contributed by atoms with Crippen LogP contribution in [-0.4, -0.2) is 26.3 Å². The number of fused-ring (bicyclic) bond motifs is 1. The summed E-state index contributed by atoms with van der Waals surface area (Å²) in [7, 11) is 1.63. The Morgan fingerprint density at radius 2 is 2.50 bits per heavy atom. The lowest BCUT2D eigenvalue weighted by Gasteiger charge is -2.24. The number of carbonyl (C=O) groups excluding carboxylic acids is 1. The zero-order valence-corrected chi connectivity index (χ0v) is 9.10. The summed E-state index contributed by atoms with van der Waals surface area (Å²) in [6.07, 6.45) is 2.44. The van der Waals surface area contributed by atoms with Gasteiger partial charge in [0.25, 0.3) is 0 Å². The third kappa shape index (κ3) is 2.07. The molecule has 0 spiro atoms. The monoisotopic (exact) mass is 219 g/mol. The molecule has 2 rings (SSSR count). The molecule has 0 N–H and O–H groups in total. The molecule has 84 valence electrons. The van der Waals surface area contributed by atoms with E-state index in [-0.39, 0.29) is 5.92 Å². The molecule has 1 aromatic rings. The highest BCUT2D eigenvalue weighted by molar-refractivity contribution is 5.44. The van der Waals surface area contributed by atoms with Crippen molar-refractivity contribution in [2.75, 3.05) is 20.3 Å². The first-order valence-corrected chi connectivity index (χ1v) is 5.19. The van der Waals surface area contributed by atoms with Crippen LogP contribution in [0, 0.1) is 0 Å². The lowest BCUT2D eigenvalue weighted by molar-refractivity contribution is 0.268. The Morgan fingerprint density at radius 1 is 1.62 bits per heavy atom. The zero-order valence-electron chi connectivity index (χ0n) is 9.10. The molecule has 0 radical (unpaired) electrons. The van der Waals surface area contributed by atoms with Crippen molar-refractivity contribution in [3.8, 4) is 11.5 Å². The molecule has 1 heterocycles. The lowest BCUT2D eigenvalue weighted by atomic mass is 9.93. The van der Waals surface area contributed by atoms with Gasteiger partial charge in [0.2, 0.25) is 6.08 Å². The summed E-state index contributed by atoms with van der Waals surface area (Å²) >= 11 is 0. The molecule has 1 aliphatic rings. The summed E-state index contributed by atoms with van der Waals surface area (Å²) < 4.78 is 10.7. The zero-order chi connectivity index (χ0) is 11.4. The number of nitrogens with zero attached hydrogens (tertiary/aromatic N) is 1. The molecule has 0 bridgehead atoms. The average molecular weight is 219 g/mol. The summed E-state index contributed by atoms with van der Waals surface area (Å²) in [4.78, 5) is 13.8. The van der Waals surface area contributed by atoms with Crippen molar-refractivity contribution >= 4 is 6.08 Å². The normalized spacial score (nSPS) is 17.9. The summed E-state index contributed by atoms with van der Waals surface area (Å²) in [5, 5.41) is 0. The molecule has 16 heavy (non-hydrogen) atoms. The maximum Gasteiger partial charge on any atom is 0.234 e. The van der Waals surface area contributed by atoms with E-state index in [1.807, 2.05) is 18.2 Å². The summed E-state index contributed by atoms with van der Waals surface area (Å²) in [5.41, 5.74) is 1.06. The molecule has 1 atom stereocenters. The molecule has 4 heteroatoms. The predicted molar refractivity (Wildman–Crippen MR) is 58.8 cm³/mol. The van der Waals surface area contributed by atoms with Crippen LogP contribution < -0.4 is 9.47 Å². The second-order valence-electron chi connectivity index (χ2n) is 3.67.